The molecule has 0 radical (unpaired) electrons. The molecule has 57 heavy (non-hydrogen) atoms. The molecule has 0 bridgehead atoms. The first-order valence-electron chi connectivity index (χ1n) is 18.2. The topological polar surface area (TPSA) is 176 Å². The number of pyridine rings is 1. The zero-order valence-corrected chi connectivity index (χ0v) is 30.7. The number of carbonyl (C=O) groups is 3. The van der Waals surface area contributed by atoms with Crippen LogP contribution in [0, 0.1) is 5.82 Å². The van der Waals surface area contributed by atoms with Gasteiger partial charge in [-0.05, 0) is 41.0 Å². The van der Waals surface area contributed by atoms with E-state index in [1.165, 1.54) is 47.5 Å². The van der Waals surface area contributed by atoms with Crippen LogP contribution < -0.4 is 21.9 Å². The van der Waals surface area contributed by atoms with E-state index < -0.39 is 30.2 Å². The van der Waals surface area contributed by atoms with E-state index in [-0.39, 0.29) is 92.9 Å². The summed E-state index contributed by atoms with van der Waals surface area (Å²) in [5.74, 6) is -1.82. The predicted octanol–water partition coefficient (Wildman–Crippen LogP) is 3.72. The Morgan fingerprint density at radius 1 is 0.860 bits per heavy atom. The molecule has 0 aliphatic carbocycles. The number of piperazine rings is 1. The van der Waals surface area contributed by atoms with Gasteiger partial charge in [0, 0.05) is 62.8 Å². The minimum atomic E-state index is -4.34. The molecule has 1 aliphatic rings. The molecule has 1 aliphatic heterocycles. The van der Waals surface area contributed by atoms with Crippen molar-refractivity contribution in [3.05, 3.63) is 123 Å². The number of carbonyl (C=O) groups excluding carboxylic acids is 3. The van der Waals surface area contributed by atoms with E-state index in [1.54, 1.807) is 41.3 Å². The molecule has 2 aromatic heterocycles. The van der Waals surface area contributed by atoms with Crippen molar-refractivity contribution in [1.82, 2.24) is 35.6 Å². The number of fused-ring (bicyclic) bond motifs is 1. The Morgan fingerprint density at radius 3 is 2.35 bits per heavy atom. The summed E-state index contributed by atoms with van der Waals surface area (Å²) in [5, 5.41) is 13.5. The van der Waals surface area contributed by atoms with Crippen LogP contribution in [0.4, 0.5) is 23.2 Å². The molecular formula is C40H40F4N8O5. The molecule has 3 aromatic carbocycles. The number of aromatic nitrogens is 3. The molecule has 1 fully saturated rings. The molecule has 0 atom stereocenters. The minimum absolute atomic E-state index is 0.0251. The lowest BCUT2D eigenvalue weighted by Gasteiger charge is -2.35. The summed E-state index contributed by atoms with van der Waals surface area (Å²) in [6.45, 7) is 2.03. The fourth-order valence-corrected chi connectivity index (χ4v) is 6.47. The van der Waals surface area contributed by atoms with E-state index in [1.807, 2.05) is 0 Å². The van der Waals surface area contributed by atoms with Gasteiger partial charge in [-0.15, -0.1) is 0 Å². The molecular weight excluding hydrogens is 748 g/mol. The smallest absolute Gasteiger partial charge is 0.393 e. The SMILES string of the molecule is Nc1cc(-c2cccc(CC(F)(F)F)c2)cnc1C(=O)NCCOCCNCC(=O)N1CCN(C(=O)c2cc(Cc3n[nH]c(=O)c4ccccc34)ccc2F)CC1. The third-order valence-corrected chi connectivity index (χ3v) is 9.36. The Morgan fingerprint density at radius 2 is 1.60 bits per heavy atom. The van der Waals surface area contributed by atoms with Crippen LogP contribution in [0.1, 0.15) is 37.7 Å². The van der Waals surface area contributed by atoms with Crippen molar-refractivity contribution in [2.45, 2.75) is 19.0 Å². The van der Waals surface area contributed by atoms with Crippen LogP contribution in [0.25, 0.3) is 21.9 Å². The Labute approximate surface area is 324 Å². The first-order chi connectivity index (χ1) is 27.4. The van der Waals surface area contributed by atoms with Crippen LogP contribution in [-0.2, 0) is 22.4 Å². The van der Waals surface area contributed by atoms with Gasteiger partial charge in [-0.3, -0.25) is 19.2 Å². The molecule has 3 amide bonds. The van der Waals surface area contributed by atoms with Crippen LogP contribution in [0.5, 0.6) is 0 Å². The average molecular weight is 789 g/mol. The van der Waals surface area contributed by atoms with Crippen LogP contribution in [0.15, 0.2) is 83.8 Å². The molecule has 298 valence electrons. The number of anilines is 1. The number of nitrogens with two attached hydrogens (primary N) is 1. The van der Waals surface area contributed by atoms with Gasteiger partial charge < -0.3 is 30.9 Å². The number of halogens is 4. The number of ether oxygens (including phenoxy) is 1. The minimum Gasteiger partial charge on any atom is -0.397 e. The van der Waals surface area contributed by atoms with Crippen molar-refractivity contribution in [2.24, 2.45) is 0 Å². The van der Waals surface area contributed by atoms with Crippen molar-refractivity contribution in [2.75, 3.05) is 64.8 Å². The highest BCUT2D eigenvalue weighted by molar-refractivity contribution is 5.98. The van der Waals surface area contributed by atoms with E-state index in [4.69, 9.17) is 10.5 Å². The van der Waals surface area contributed by atoms with Gasteiger partial charge in [0.1, 0.15) is 5.82 Å². The fraction of sp³-hybridized carbons (Fsp3) is 0.300. The first kappa shape index (κ1) is 40.5. The number of H-pyrrole nitrogens is 1. The maximum Gasteiger partial charge on any atom is 0.393 e. The van der Waals surface area contributed by atoms with E-state index in [0.717, 1.165) is 0 Å². The lowest BCUT2D eigenvalue weighted by Crippen LogP contribution is -2.52. The van der Waals surface area contributed by atoms with E-state index in [9.17, 15) is 36.7 Å². The predicted molar refractivity (Wildman–Crippen MR) is 204 cm³/mol. The van der Waals surface area contributed by atoms with Gasteiger partial charge in [0.05, 0.1) is 48.5 Å². The second kappa shape index (κ2) is 18.2. The van der Waals surface area contributed by atoms with E-state index >= 15 is 0 Å². The number of nitrogen functional groups attached to an aromatic ring is 1. The van der Waals surface area contributed by atoms with E-state index in [2.05, 4.69) is 25.8 Å². The van der Waals surface area contributed by atoms with Crippen molar-refractivity contribution >= 4 is 34.2 Å². The lowest BCUT2D eigenvalue weighted by atomic mass is 10.0. The summed E-state index contributed by atoms with van der Waals surface area (Å²) in [7, 11) is 0. The monoisotopic (exact) mass is 788 g/mol. The average Bonchev–Trinajstić information content (AvgIpc) is 3.19. The molecule has 0 spiro atoms. The van der Waals surface area contributed by atoms with Crippen molar-refractivity contribution < 1.29 is 36.7 Å². The molecule has 0 unspecified atom stereocenters. The molecule has 6 rings (SSSR count). The highest BCUT2D eigenvalue weighted by Gasteiger charge is 2.28. The second-order valence-electron chi connectivity index (χ2n) is 13.4. The highest BCUT2D eigenvalue weighted by atomic mass is 19.4. The quantitative estimate of drug-likeness (QED) is 0.0966. The lowest BCUT2D eigenvalue weighted by molar-refractivity contribution is -0.131. The van der Waals surface area contributed by atoms with Crippen LogP contribution >= 0.6 is 0 Å². The molecule has 5 N–H and O–H groups in total. The largest absolute Gasteiger partial charge is 0.397 e. The molecule has 13 nitrogen and oxygen atoms in total. The number of rotatable bonds is 14. The Kier molecular flexibility index (Phi) is 12.9. The molecule has 3 heterocycles. The highest BCUT2D eigenvalue weighted by Crippen LogP contribution is 2.27. The number of hydrogen-bond acceptors (Lipinski definition) is 9. The zero-order chi connectivity index (χ0) is 40.5. The summed E-state index contributed by atoms with van der Waals surface area (Å²) in [4.78, 5) is 58.2. The normalized spacial score (nSPS) is 13.2. The molecule has 5 aromatic rings. The van der Waals surface area contributed by atoms with Gasteiger partial charge in [-0.25, -0.2) is 14.5 Å². The van der Waals surface area contributed by atoms with Gasteiger partial charge in [-0.2, -0.15) is 18.3 Å². The molecule has 17 heteroatoms. The second-order valence-corrected chi connectivity index (χ2v) is 13.4. The van der Waals surface area contributed by atoms with Crippen molar-refractivity contribution in [3.63, 3.8) is 0 Å². The number of aromatic amines is 1. The summed E-state index contributed by atoms with van der Waals surface area (Å²) in [6.07, 6.45) is -3.75. The Bertz CT molecular complexity index is 2310. The van der Waals surface area contributed by atoms with Crippen LogP contribution in [-0.4, -0.2) is 108 Å². The van der Waals surface area contributed by atoms with Crippen LogP contribution in [0.2, 0.25) is 0 Å². The van der Waals surface area contributed by atoms with Gasteiger partial charge >= 0.3 is 6.18 Å². The maximum absolute atomic E-state index is 14.9. The van der Waals surface area contributed by atoms with Gasteiger partial charge in [0.25, 0.3) is 17.4 Å². The standard InChI is InChI=1S/C40H40F4N8O5/c41-32-9-8-25(20-34-29-6-1-2-7-30(29)37(54)50-49-34)19-31(32)39(56)52-14-12-51(13-15-52)35(53)24-46-10-16-57-17-11-47-38(55)36-33(45)21-28(23-48-36)27-5-3-4-26(18-27)22-40(42,43)44/h1-9,18-19,21,23,46H,10-17,20,22,24,45H2,(H,47,55)(H,50,54). The summed E-state index contributed by atoms with van der Waals surface area (Å²) >= 11 is 0. The Hall–Kier alpha value is -6.20. The number of nitrogens with zero attached hydrogens (tertiary/aromatic N) is 4. The van der Waals surface area contributed by atoms with Crippen LogP contribution in [0.3, 0.4) is 0 Å². The van der Waals surface area contributed by atoms with E-state index in [0.29, 0.717) is 39.7 Å². The van der Waals surface area contributed by atoms with Crippen molar-refractivity contribution in [1.29, 1.82) is 0 Å². The first-order valence-corrected chi connectivity index (χ1v) is 18.2. The maximum atomic E-state index is 14.9. The number of amides is 3. The van der Waals surface area contributed by atoms with Gasteiger partial charge in [0.15, 0.2) is 5.69 Å². The summed E-state index contributed by atoms with van der Waals surface area (Å²) in [5.41, 5.74) is 8.01. The molecule has 0 saturated carbocycles. The Balaban J connectivity index is 0.876. The number of benzene rings is 3. The van der Waals surface area contributed by atoms with Gasteiger partial charge in [-0.1, -0.05) is 48.5 Å². The summed E-state index contributed by atoms with van der Waals surface area (Å²) in [6, 6.07) is 18.8. The number of hydrogen-bond donors (Lipinski definition) is 4. The van der Waals surface area contributed by atoms with Gasteiger partial charge in [0.2, 0.25) is 5.91 Å². The summed E-state index contributed by atoms with van der Waals surface area (Å²) < 4.78 is 58.8. The fourth-order valence-electron chi connectivity index (χ4n) is 6.47. The van der Waals surface area contributed by atoms with Crippen molar-refractivity contribution in [3.8, 4) is 11.1 Å². The number of nitrogens with one attached hydrogen (secondary N) is 3. The third-order valence-electron chi connectivity index (χ3n) is 9.36. The zero-order valence-electron chi connectivity index (χ0n) is 30.7. The number of alkyl halides is 3. The third kappa shape index (κ3) is 10.6. The molecule has 1 saturated heterocycles.